The summed E-state index contributed by atoms with van der Waals surface area (Å²) in [5.41, 5.74) is 0.424. The molecule has 0 aromatic heterocycles. The molecule has 0 aliphatic rings. The summed E-state index contributed by atoms with van der Waals surface area (Å²) in [4.78, 5) is 0. The fourth-order valence-corrected chi connectivity index (χ4v) is 1.93. The summed E-state index contributed by atoms with van der Waals surface area (Å²) in [6.07, 6.45) is 5.40. The molecule has 1 rings (SSSR count). The topological polar surface area (TPSA) is 12.0 Å². The third-order valence-corrected chi connectivity index (χ3v) is 2.88. The molecule has 1 aromatic carbocycles. The van der Waals surface area contributed by atoms with Crippen molar-refractivity contribution in [2.24, 2.45) is 0 Å². The highest BCUT2D eigenvalue weighted by atomic mass is 19.1. The van der Waals surface area contributed by atoms with E-state index in [-0.39, 0.29) is 11.9 Å². The normalized spacial score (nSPS) is 12.4. The molecule has 0 radical (unpaired) electrons. The van der Waals surface area contributed by atoms with Gasteiger partial charge in [-0.05, 0) is 50.4 Å². The number of hydrogen-bond donors (Lipinski definition) is 1. The van der Waals surface area contributed by atoms with Crippen LogP contribution in [-0.4, -0.2) is 6.54 Å². The van der Waals surface area contributed by atoms with E-state index in [1.165, 1.54) is 12.1 Å². The van der Waals surface area contributed by atoms with Gasteiger partial charge < -0.3 is 5.32 Å². The first-order valence-corrected chi connectivity index (χ1v) is 6.48. The van der Waals surface area contributed by atoms with Crippen molar-refractivity contribution in [3.05, 3.63) is 48.1 Å². The molecule has 1 unspecified atom stereocenters. The lowest BCUT2D eigenvalue weighted by Gasteiger charge is -2.19. The van der Waals surface area contributed by atoms with Gasteiger partial charge in [-0.25, -0.2) is 8.78 Å². The molecule has 100 valence electrons. The molecular formula is C15H21F2N. The van der Waals surface area contributed by atoms with E-state index < -0.39 is 5.82 Å². The van der Waals surface area contributed by atoms with E-state index in [0.29, 0.717) is 5.56 Å². The van der Waals surface area contributed by atoms with Crippen LogP contribution in [0.15, 0.2) is 30.9 Å². The van der Waals surface area contributed by atoms with Crippen LogP contribution in [0.3, 0.4) is 0 Å². The van der Waals surface area contributed by atoms with Crippen LogP contribution < -0.4 is 5.32 Å². The summed E-state index contributed by atoms with van der Waals surface area (Å²) >= 11 is 0. The highest BCUT2D eigenvalue weighted by molar-refractivity contribution is 5.22. The van der Waals surface area contributed by atoms with Crippen LogP contribution in [0, 0.1) is 11.6 Å². The van der Waals surface area contributed by atoms with Gasteiger partial charge in [0.1, 0.15) is 11.6 Å². The smallest absolute Gasteiger partial charge is 0.128 e. The Kier molecular flexibility index (Phi) is 6.58. The van der Waals surface area contributed by atoms with E-state index in [1.807, 2.05) is 6.08 Å². The van der Waals surface area contributed by atoms with E-state index in [4.69, 9.17) is 0 Å². The summed E-state index contributed by atoms with van der Waals surface area (Å²) in [7, 11) is 0. The molecule has 0 aliphatic heterocycles. The molecule has 0 heterocycles. The lowest BCUT2D eigenvalue weighted by atomic mass is 10.00. The monoisotopic (exact) mass is 253 g/mol. The van der Waals surface area contributed by atoms with Gasteiger partial charge in [0, 0.05) is 11.6 Å². The first-order chi connectivity index (χ1) is 8.69. The van der Waals surface area contributed by atoms with Gasteiger partial charge in [0.25, 0.3) is 0 Å². The lowest BCUT2D eigenvalue weighted by Crippen LogP contribution is -2.23. The minimum atomic E-state index is -0.390. The minimum absolute atomic E-state index is 0.124. The van der Waals surface area contributed by atoms with Gasteiger partial charge in [-0.1, -0.05) is 13.0 Å². The Balaban J connectivity index is 2.78. The highest BCUT2D eigenvalue weighted by Gasteiger charge is 2.15. The quantitative estimate of drug-likeness (QED) is 0.536. The maximum absolute atomic E-state index is 13.7. The fraction of sp³-hybridized carbons (Fsp3) is 0.467. The van der Waals surface area contributed by atoms with Crippen LogP contribution in [0.25, 0.3) is 0 Å². The van der Waals surface area contributed by atoms with Crippen molar-refractivity contribution >= 4 is 0 Å². The van der Waals surface area contributed by atoms with Crippen LogP contribution in [0.1, 0.15) is 44.2 Å². The molecule has 0 fully saturated rings. The molecule has 0 bridgehead atoms. The largest absolute Gasteiger partial charge is 0.310 e. The van der Waals surface area contributed by atoms with Crippen LogP contribution in [0.5, 0.6) is 0 Å². The SMILES string of the molecule is C=CCCCC(NCCC)c1cc(F)ccc1F. The van der Waals surface area contributed by atoms with Crippen molar-refractivity contribution < 1.29 is 8.78 Å². The second-order valence-corrected chi connectivity index (χ2v) is 4.39. The summed E-state index contributed by atoms with van der Waals surface area (Å²) in [5.74, 6) is -0.734. The first kappa shape index (κ1) is 14.8. The lowest BCUT2D eigenvalue weighted by molar-refractivity contribution is 0.459. The Morgan fingerprint density at radius 3 is 2.83 bits per heavy atom. The van der Waals surface area contributed by atoms with Gasteiger partial charge in [0.05, 0.1) is 0 Å². The standard InChI is InChI=1S/C15H21F2N/c1-3-5-6-7-15(18-10-4-2)13-11-12(16)8-9-14(13)17/h3,8-9,11,15,18H,1,4-7,10H2,2H3. The average Bonchev–Trinajstić information content (AvgIpc) is 2.37. The van der Waals surface area contributed by atoms with Crippen molar-refractivity contribution in [3.8, 4) is 0 Å². The van der Waals surface area contributed by atoms with E-state index in [0.717, 1.165) is 38.3 Å². The van der Waals surface area contributed by atoms with E-state index >= 15 is 0 Å². The predicted molar refractivity (Wildman–Crippen MR) is 71.4 cm³/mol. The summed E-state index contributed by atoms with van der Waals surface area (Å²) in [6.45, 7) is 6.52. The third-order valence-electron chi connectivity index (χ3n) is 2.88. The van der Waals surface area contributed by atoms with Crippen LogP contribution >= 0.6 is 0 Å². The van der Waals surface area contributed by atoms with Crippen molar-refractivity contribution in [1.29, 1.82) is 0 Å². The Morgan fingerprint density at radius 2 is 2.17 bits per heavy atom. The second-order valence-electron chi connectivity index (χ2n) is 4.39. The number of rotatable bonds is 8. The van der Waals surface area contributed by atoms with E-state index in [1.54, 1.807) is 0 Å². The zero-order chi connectivity index (χ0) is 13.4. The number of unbranched alkanes of at least 4 members (excludes halogenated alkanes) is 1. The molecule has 3 heteroatoms. The van der Waals surface area contributed by atoms with Crippen LogP contribution in [0.4, 0.5) is 8.78 Å². The third kappa shape index (κ3) is 4.57. The fourth-order valence-electron chi connectivity index (χ4n) is 1.93. The molecule has 0 spiro atoms. The van der Waals surface area contributed by atoms with E-state index in [2.05, 4.69) is 18.8 Å². The first-order valence-electron chi connectivity index (χ1n) is 6.48. The molecule has 18 heavy (non-hydrogen) atoms. The Labute approximate surface area is 108 Å². The number of halogens is 2. The van der Waals surface area contributed by atoms with Crippen LogP contribution in [-0.2, 0) is 0 Å². The highest BCUT2D eigenvalue weighted by Crippen LogP contribution is 2.23. The van der Waals surface area contributed by atoms with Crippen molar-refractivity contribution in [2.45, 2.75) is 38.6 Å². The Bertz CT molecular complexity index is 377. The second kappa shape index (κ2) is 7.98. The van der Waals surface area contributed by atoms with Crippen molar-refractivity contribution in [1.82, 2.24) is 5.32 Å². The predicted octanol–water partition coefficient (Wildman–Crippen LogP) is 4.36. The minimum Gasteiger partial charge on any atom is -0.310 e. The molecule has 1 atom stereocenters. The molecule has 0 amide bonds. The van der Waals surface area contributed by atoms with Gasteiger partial charge in [-0.3, -0.25) is 0 Å². The van der Waals surface area contributed by atoms with Gasteiger partial charge in [0.2, 0.25) is 0 Å². The van der Waals surface area contributed by atoms with Gasteiger partial charge in [-0.15, -0.1) is 6.58 Å². The molecule has 1 N–H and O–H groups in total. The average molecular weight is 253 g/mol. The molecular weight excluding hydrogens is 232 g/mol. The number of allylic oxidation sites excluding steroid dienone is 1. The van der Waals surface area contributed by atoms with Crippen molar-refractivity contribution in [3.63, 3.8) is 0 Å². The maximum atomic E-state index is 13.7. The van der Waals surface area contributed by atoms with Crippen LogP contribution in [0.2, 0.25) is 0 Å². The van der Waals surface area contributed by atoms with Gasteiger partial charge in [-0.2, -0.15) is 0 Å². The molecule has 1 aromatic rings. The Hall–Kier alpha value is -1.22. The Morgan fingerprint density at radius 1 is 1.39 bits per heavy atom. The summed E-state index contributed by atoms with van der Waals surface area (Å²) in [5, 5.41) is 3.27. The van der Waals surface area contributed by atoms with Gasteiger partial charge >= 0.3 is 0 Å². The zero-order valence-electron chi connectivity index (χ0n) is 10.9. The number of nitrogens with one attached hydrogen (secondary N) is 1. The number of hydrogen-bond acceptors (Lipinski definition) is 1. The van der Waals surface area contributed by atoms with E-state index in [9.17, 15) is 8.78 Å². The number of benzene rings is 1. The maximum Gasteiger partial charge on any atom is 0.128 e. The van der Waals surface area contributed by atoms with Gasteiger partial charge in [0.15, 0.2) is 0 Å². The summed E-state index contributed by atoms with van der Waals surface area (Å²) < 4.78 is 26.9. The zero-order valence-corrected chi connectivity index (χ0v) is 10.9. The van der Waals surface area contributed by atoms with Crippen molar-refractivity contribution in [2.75, 3.05) is 6.54 Å². The molecule has 0 saturated carbocycles. The molecule has 1 nitrogen and oxygen atoms in total. The molecule has 0 saturated heterocycles. The molecule has 0 aliphatic carbocycles. The summed E-state index contributed by atoms with van der Waals surface area (Å²) in [6, 6.07) is 3.51.